The molecule has 0 aliphatic heterocycles. The lowest BCUT2D eigenvalue weighted by Crippen LogP contribution is -2.87. The lowest BCUT2D eigenvalue weighted by atomic mass is 10.0. The summed E-state index contributed by atoms with van der Waals surface area (Å²) in [6.45, 7) is 4.05. The Morgan fingerprint density at radius 2 is 1.52 bits per heavy atom. The Kier molecular flexibility index (Phi) is 6.28. The van der Waals surface area contributed by atoms with E-state index in [1.165, 1.54) is 5.56 Å². The molecule has 0 bridgehead atoms. The van der Waals surface area contributed by atoms with Crippen molar-refractivity contribution in [2.45, 2.75) is 25.9 Å². The van der Waals surface area contributed by atoms with Crippen molar-refractivity contribution in [2.75, 3.05) is 5.32 Å². The maximum Gasteiger partial charge on any atom is 0.287 e. The second kappa shape index (κ2) is 8.85. The van der Waals surface area contributed by atoms with E-state index in [0.29, 0.717) is 10.7 Å². The molecule has 138 valence electrons. The van der Waals surface area contributed by atoms with Crippen LogP contribution in [0.1, 0.15) is 35.7 Å². The van der Waals surface area contributed by atoms with Gasteiger partial charge in [-0.25, -0.2) is 0 Å². The van der Waals surface area contributed by atoms with Crippen LogP contribution in [0.15, 0.2) is 78.9 Å². The van der Waals surface area contributed by atoms with Gasteiger partial charge in [-0.15, -0.1) is 0 Å². The minimum atomic E-state index is -0.360. The third-order valence-corrected chi connectivity index (χ3v) is 5.09. The van der Waals surface area contributed by atoms with Gasteiger partial charge < -0.3 is 10.6 Å². The summed E-state index contributed by atoms with van der Waals surface area (Å²) >= 11 is 6.20. The molecule has 3 aromatic rings. The molecule has 0 aliphatic rings. The predicted octanol–water partition coefficient (Wildman–Crippen LogP) is 4.65. The third kappa shape index (κ3) is 4.97. The number of hydrogen-bond donors (Lipinski definition) is 2. The topological polar surface area (TPSA) is 45.7 Å². The van der Waals surface area contributed by atoms with Gasteiger partial charge in [0.1, 0.15) is 6.04 Å². The van der Waals surface area contributed by atoms with Crippen LogP contribution in [0.3, 0.4) is 0 Å². The van der Waals surface area contributed by atoms with Crippen LogP contribution in [0.5, 0.6) is 0 Å². The normalized spacial score (nSPS) is 13.0. The van der Waals surface area contributed by atoms with E-state index in [9.17, 15) is 4.79 Å². The number of quaternary nitrogens is 1. The van der Waals surface area contributed by atoms with Crippen LogP contribution in [0.25, 0.3) is 0 Å². The van der Waals surface area contributed by atoms with E-state index in [0.717, 1.165) is 11.1 Å². The van der Waals surface area contributed by atoms with Crippen LogP contribution >= 0.6 is 11.6 Å². The van der Waals surface area contributed by atoms with Gasteiger partial charge in [-0.3, -0.25) is 4.79 Å². The second-order valence-corrected chi connectivity index (χ2v) is 7.14. The van der Waals surface area contributed by atoms with E-state index in [1.807, 2.05) is 67.6 Å². The van der Waals surface area contributed by atoms with Crippen molar-refractivity contribution in [3.8, 4) is 0 Å². The fourth-order valence-electron chi connectivity index (χ4n) is 3.06. The van der Waals surface area contributed by atoms with Crippen molar-refractivity contribution in [3.63, 3.8) is 0 Å². The van der Waals surface area contributed by atoms with Gasteiger partial charge in [-0.1, -0.05) is 78.3 Å². The Bertz CT molecular complexity index is 897. The maximum atomic E-state index is 13.1. The Morgan fingerprint density at radius 1 is 0.926 bits per heavy atom. The molecule has 27 heavy (non-hydrogen) atoms. The molecular formula is C23H24ClN2O+. The molecule has 3 rings (SSSR count). The fraction of sp³-hybridized carbons (Fsp3) is 0.174. The summed E-state index contributed by atoms with van der Waals surface area (Å²) in [5.74, 6) is -0.0658. The average molecular weight is 380 g/mol. The highest BCUT2D eigenvalue weighted by Gasteiger charge is 2.27. The highest BCUT2D eigenvalue weighted by molar-refractivity contribution is 6.31. The third-order valence-electron chi connectivity index (χ3n) is 4.69. The molecule has 3 nitrogen and oxygen atoms in total. The van der Waals surface area contributed by atoms with Crippen molar-refractivity contribution in [3.05, 3.63) is 101 Å². The molecule has 0 radical (unpaired) electrons. The molecule has 3 N–H and O–H groups in total. The smallest absolute Gasteiger partial charge is 0.287 e. The molecule has 0 aliphatic carbocycles. The SMILES string of the molecule is Cc1ccc(NC(=O)[C@@H]([NH2+][C@@H](C)c2ccccc2)c2ccccc2)cc1Cl. The minimum absolute atomic E-state index is 0.0658. The number of aryl methyl sites for hydroxylation is 1. The highest BCUT2D eigenvalue weighted by Crippen LogP contribution is 2.21. The summed E-state index contributed by atoms with van der Waals surface area (Å²) in [5.41, 5.74) is 3.84. The largest absolute Gasteiger partial charge is 0.326 e. The number of carbonyl (C=O) groups excluding carboxylic acids is 1. The van der Waals surface area contributed by atoms with Gasteiger partial charge in [0.2, 0.25) is 0 Å². The van der Waals surface area contributed by atoms with Gasteiger partial charge in [0, 0.05) is 21.8 Å². The lowest BCUT2D eigenvalue weighted by molar-refractivity contribution is -0.718. The molecule has 0 saturated heterocycles. The average Bonchev–Trinajstić information content (AvgIpc) is 2.70. The molecule has 0 heterocycles. The number of nitrogens with two attached hydrogens (primary N) is 1. The second-order valence-electron chi connectivity index (χ2n) is 6.73. The first-order chi connectivity index (χ1) is 13.0. The van der Waals surface area contributed by atoms with E-state index >= 15 is 0 Å². The quantitative estimate of drug-likeness (QED) is 0.643. The van der Waals surface area contributed by atoms with Gasteiger partial charge in [0.25, 0.3) is 5.91 Å². The Hall–Kier alpha value is -2.62. The molecule has 0 aromatic heterocycles. The summed E-state index contributed by atoms with van der Waals surface area (Å²) in [5, 5.41) is 5.75. The first-order valence-corrected chi connectivity index (χ1v) is 9.44. The van der Waals surface area contributed by atoms with E-state index in [1.54, 1.807) is 6.07 Å². The molecule has 0 spiro atoms. The fourth-order valence-corrected chi connectivity index (χ4v) is 3.24. The lowest BCUT2D eigenvalue weighted by Gasteiger charge is -2.20. The van der Waals surface area contributed by atoms with E-state index in [4.69, 9.17) is 11.6 Å². The molecule has 0 fully saturated rings. The minimum Gasteiger partial charge on any atom is -0.326 e. The van der Waals surface area contributed by atoms with Crippen molar-refractivity contribution >= 4 is 23.2 Å². The van der Waals surface area contributed by atoms with Crippen LogP contribution in [0.2, 0.25) is 5.02 Å². The number of nitrogens with one attached hydrogen (secondary N) is 1. The van der Waals surface area contributed by atoms with E-state index < -0.39 is 0 Å². The molecule has 0 saturated carbocycles. The number of amides is 1. The first kappa shape index (κ1) is 19.2. The van der Waals surface area contributed by atoms with Crippen molar-refractivity contribution in [1.82, 2.24) is 0 Å². The highest BCUT2D eigenvalue weighted by atomic mass is 35.5. The Labute approximate surface area is 165 Å². The zero-order valence-corrected chi connectivity index (χ0v) is 16.3. The summed E-state index contributed by atoms with van der Waals surface area (Å²) < 4.78 is 0. The zero-order valence-electron chi connectivity index (χ0n) is 15.5. The molecular weight excluding hydrogens is 356 g/mol. The number of benzene rings is 3. The molecule has 2 atom stereocenters. The van der Waals surface area contributed by atoms with Crippen LogP contribution < -0.4 is 10.6 Å². The van der Waals surface area contributed by atoms with Gasteiger partial charge in [-0.05, 0) is 31.5 Å². The number of halogens is 1. The van der Waals surface area contributed by atoms with Gasteiger partial charge >= 0.3 is 0 Å². The van der Waals surface area contributed by atoms with Gasteiger partial charge in [-0.2, -0.15) is 0 Å². The molecule has 3 aromatic carbocycles. The van der Waals surface area contributed by atoms with Crippen LogP contribution in [0.4, 0.5) is 5.69 Å². The van der Waals surface area contributed by atoms with Crippen molar-refractivity contribution < 1.29 is 10.1 Å². The monoisotopic (exact) mass is 379 g/mol. The number of carbonyl (C=O) groups is 1. The zero-order chi connectivity index (χ0) is 19.2. The summed E-state index contributed by atoms with van der Waals surface area (Å²) in [7, 11) is 0. The van der Waals surface area contributed by atoms with Crippen LogP contribution in [-0.4, -0.2) is 5.91 Å². The number of hydrogen-bond acceptors (Lipinski definition) is 1. The summed E-state index contributed by atoms with van der Waals surface area (Å²) in [6, 6.07) is 25.4. The first-order valence-electron chi connectivity index (χ1n) is 9.06. The van der Waals surface area contributed by atoms with Crippen molar-refractivity contribution in [1.29, 1.82) is 0 Å². The maximum absolute atomic E-state index is 13.1. The number of anilines is 1. The molecule has 0 unspecified atom stereocenters. The Morgan fingerprint density at radius 3 is 2.11 bits per heavy atom. The molecule has 4 heteroatoms. The Balaban J connectivity index is 1.83. The summed E-state index contributed by atoms with van der Waals surface area (Å²) in [4.78, 5) is 13.1. The van der Waals surface area contributed by atoms with Gasteiger partial charge in [0.05, 0.1) is 0 Å². The van der Waals surface area contributed by atoms with Crippen molar-refractivity contribution in [2.24, 2.45) is 0 Å². The predicted molar refractivity (Wildman–Crippen MR) is 111 cm³/mol. The van der Waals surface area contributed by atoms with Crippen LogP contribution in [-0.2, 0) is 4.79 Å². The molecule has 1 amide bonds. The standard InChI is InChI=1S/C23H23ClN2O/c1-16-13-14-20(15-21(16)24)26-23(27)22(19-11-7-4-8-12-19)25-17(2)18-9-5-3-6-10-18/h3-15,17,22,25H,1-2H3,(H,26,27)/p+1/t17-,22-/m0/s1. The van der Waals surface area contributed by atoms with E-state index in [-0.39, 0.29) is 18.0 Å². The summed E-state index contributed by atoms with van der Waals surface area (Å²) in [6.07, 6.45) is 0. The van der Waals surface area contributed by atoms with Crippen LogP contribution in [0, 0.1) is 6.92 Å². The van der Waals surface area contributed by atoms with Gasteiger partial charge in [0.15, 0.2) is 6.04 Å². The van der Waals surface area contributed by atoms with E-state index in [2.05, 4.69) is 29.7 Å². The number of rotatable bonds is 6.